The molecule has 2 N–H and O–H groups in total. The lowest BCUT2D eigenvalue weighted by Gasteiger charge is -2.19. The number of rotatable bonds is 8. The number of carbonyl (C=O) groups is 2. The highest BCUT2D eigenvalue weighted by atomic mass is 16.3. The first-order valence-electron chi connectivity index (χ1n) is 11.1. The molecule has 30 heavy (non-hydrogen) atoms. The summed E-state index contributed by atoms with van der Waals surface area (Å²) in [5, 5.41) is 13.2. The molecule has 0 spiro atoms. The second-order valence-corrected chi connectivity index (χ2v) is 8.37. The van der Waals surface area contributed by atoms with Gasteiger partial charge in [-0.1, -0.05) is 44.7 Å². The number of imidazole rings is 1. The molecule has 1 atom stereocenters. The van der Waals surface area contributed by atoms with Gasteiger partial charge < -0.3 is 15.0 Å². The molecule has 1 aliphatic carbocycles. The minimum absolute atomic E-state index is 0.141. The Bertz CT molecular complexity index is 878. The van der Waals surface area contributed by atoms with E-state index < -0.39 is 5.92 Å². The molecule has 6 heteroatoms. The van der Waals surface area contributed by atoms with E-state index in [-0.39, 0.29) is 17.3 Å². The van der Waals surface area contributed by atoms with Crippen molar-refractivity contribution in [3.63, 3.8) is 0 Å². The number of aryl methyl sites for hydroxylation is 1. The Balaban J connectivity index is 2.02. The molecule has 1 aromatic heterocycles. The molecule has 6 nitrogen and oxygen atoms in total. The number of aromatic hydroxyl groups is 1. The van der Waals surface area contributed by atoms with Crippen LogP contribution in [0.5, 0.6) is 5.75 Å². The van der Waals surface area contributed by atoms with E-state index in [9.17, 15) is 14.7 Å². The van der Waals surface area contributed by atoms with Crippen LogP contribution in [0.3, 0.4) is 0 Å². The first-order chi connectivity index (χ1) is 14.4. The molecule has 162 valence electrons. The Hall–Kier alpha value is -2.63. The Labute approximate surface area is 178 Å². The van der Waals surface area contributed by atoms with Gasteiger partial charge in [0, 0.05) is 6.04 Å². The van der Waals surface area contributed by atoms with Crippen molar-refractivity contribution in [2.45, 2.75) is 78.3 Å². The Kier molecular flexibility index (Phi) is 7.29. The Morgan fingerprint density at radius 1 is 1.17 bits per heavy atom. The summed E-state index contributed by atoms with van der Waals surface area (Å²) in [6.07, 6.45) is 7.74. The highest BCUT2D eigenvalue weighted by Gasteiger charge is 2.29. The van der Waals surface area contributed by atoms with Crippen molar-refractivity contribution in [1.82, 2.24) is 9.55 Å². The second-order valence-electron chi connectivity index (χ2n) is 8.37. The standard InChI is InChI=1S/C24H33N3O3/c1-4-21-22(23(30)16(2)17(3)28)27(15-18-11-13-20(29)14-12-18)24(26-21)25-19-9-7-5-6-8-10-19/h11-14,16,19,29H,4-10,15H2,1-3H3,(H,25,26). The van der Waals surface area contributed by atoms with Gasteiger partial charge in [-0.25, -0.2) is 4.98 Å². The molecule has 1 saturated carbocycles. The highest BCUT2D eigenvalue weighted by molar-refractivity contribution is 6.09. The summed E-state index contributed by atoms with van der Waals surface area (Å²) in [7, 11) is 0. The van der Waals surface area contributed by atoms with Gasteiger partial charge in [-0.2, -0.15) is 0 Å². The van der Waals surface area contributed by atoms with Crippen LogP contribution in [0.2, 0.25) is 0 Å². The van der Waals surface area contributed by atoms with E-state index in [0.29, 0.717) is 30.6 Å². The monoisotopic (exact) mass is 411 g/mol. The number of Topliss-reactive ketones (excluding diaryl/α,β-unsaturated/α-hetero) is 2. The molecule has 1 aliphatic rings. The molecular formula is C24H33N3O3. The number of phenols is 1. The molecule has 0 aliphatic heterocycles. The van der Waals surface area contributed by atoms with Crippen LogP contribution >= 0.6 is 0 Å². The van der Waals surface area contributed by atoms with Crippen molar-refractivity contribution in [3.8, 4) is 5.75 Å². The van der Waals surface area contributed by atoms with Gasteiger partial charge in [0.05, 0.1) is 18.2 Å². The van der Waals surface area contributed by atoms with Crippen LogP contribution in [0.15, 0.2) is 24.3 Å². The fourth-order valence-corrected chi connectivity index (χ4v) is 4.07. The van der Waals surface area contributed by atoms with Gasteiger partial charge in [0.25, 0.3) is 0 Å². The normalized spacial score (nSPS) is 16.1. The van der Waals surface area contributed by atoms with E-state index in [2.05, 4.69) is 5.32 Å². The number of nitrogens with zero attached hydrogens (tertiary/aromatic N) is 2. The summed E-state index contributed by atoms with van der Waals surface area (Å²) < 4.78 is 1.93. The van der Waals surface area contributed by atoms with Crippen LogP contribution in [-0.2, 0) is 17.8 Å². The lowest BCUT2D eigenvalue weighted by Crippen LogP contribution is -2.25. The average Bonchev–Trinajstić information content (AvgIpc) is 2.88. The largest absolute Gasteiger partial charge is 0.508 e. The predicted octanol–water partition coefficient (Wildman–Crippen LogP) is 4.74. The number of hydrogen-bond acceptors (Lipinski definition) is 5. The SMILES string of the molecule is CCc1nc(NC2CCCCCC2)n(Cc2ccc(O)cc2)c1C(=O)C(C)C(C)=O. The van der Waals surface area contributed by atoms with Gasteiger partial charge >= 0.3 is 0 Å². The molecule has 0 bridgehead atoms. The van der Waals surface area contributed by atoms with E-state index in [1.165, 1.54) is 32.6 Å². The van der Waals surface area contributed by atoms with Crippen molar-refractivity contribution in [1.29, 1.82) is 0 Å². The Morgan fingerprint density at radius 3 is 2.37 bits per heavy atom. The molecule has 0 saturated heterocycles. The van der Waals surface area contributed by atoms with Crippen molar-refractivity contribution >= 4 is 17.5 Å². The molecular weight excluding hydrogens is 378 g/mol. The van der Waals surface area contributed by atoms with Gasteiger partial charge in [-0.15, -0.1) is 0 Å². The van der Waals surface area contributed by atoms with Crippen molar-refractivity contribution < 1.29 is 14.7 Å². The van der Waals surface area contributed by atoms with E-state index in [1.807, 2.05) is 23.6 Å². The molecule has 0 radical (unpaired) electrons. The summed E-state index contributed by atoms with van der Waals surface area (Å²) in [6, 6.07) is 7.32. The van der Waals surface area contributed by atoms with Crippen LogP contribution in [0, 0.1) is 5.92 Å². The van der Waals surface area contributed by atoms with E-state index in [0.717, 1.165) is 24.1 Å². The lowest BCUT2D eigenvalue weighted by atomic mass is 9.98. The maximum atomic E-state index is 13.2. The zero-order valence-electron chi connectivity index (χ0n) is 18.3. The molecule has 3 rings (SSSR count). The van der Waals surface area contributed by atoms with E-state index in [1.54, 1.807) is 19.1 Å². The maximum Gasteiger partial charge on any atom is 0.204 e. The number of hydrogen-bond donors (Lipinski definition) is 2. The average molecular weight is 412 g/mol. The van der Waals surface area contributed by atoms with Crippen molar-refractivity contribution in [2.24, 2.45) is 5.92 Å². The molecule has 1 unspecified atom stereocenters. The van der Waals surface area contributed by atoms with Crippen LogP contribution in [0.1, 0.15) is 81.0 Å². The fourth-order valence-electron chi connectivity index (χ4n) is 4.07. The molecule has 1 aromatic carbocycles. The van der Waals surface area contributed by atoms with Gasteiger partial charge in [0.15, 0.2) is 5.78 Å². The number of ketones is 2. The maximum absolute atomic E-state index is 13.2. The third-order valence-electron chi connectivity index (χ3n) is 6.08. The minimum Gasteiger partial charge on any atom is -0.508 e. The number of carbonyl (C=O) groups excluding carboxylic acids is 2. The van der Waals surface area contributed by atoms with Gasteiger partial charge in [0.1, 0.15) is 17.2 Å². The third kappa shape index (κ3) is 5.10. The predicted molar refractivity (Wildman–Crippen MR) is 118 cm³/mol. The van der Waals surface area contributed by atoms with Gasteiger partial charge in [0.2, 0.25) is 5.95 Å². The lowest BCUT2D eigenvalue weighted by molar-refractivity contribution is -0.118. The number of anilines is 1. The van der Waals surface area contributed by atoms with Crippen LogP contribution in [0.4, 0.5) is 5.95 Å². The molecule has 0 amide bonds. The van der Waals surface area contributed by atoms with E-state index >= 15 is 0 Å². The minimum atomic E-state index is -0.698. The summed E-state index contributed by atoms with van der Waals surface area (Å²) in [5.74, 6) is -0.114. The number of nitrogens with one attached hydrogen (secondary N) is 1. The Morgan fingerprint density at radius 2 is 1.80 bits per heavy atom. The van der Waals surface area contributed by atoms with Crippen molar-refractivity contribution in [2.75, 3.05) is 5.32 Å². The molecule has 1 heterocycles. The van der Waals surface area contributed by atoms with Gasteiger partial charge in [-0.3, -0.25) is 9.59 Å². The third-order valence-corrected chi connectivity index (χ3v) is 6.08. The zero-order chi connectivity index (χ0) is 21.7. The van der Waals surface area contributed by atoms with Crippen molar-refractivity contribution in [3.05, 3.63) is 41.2 Å². The first kappa shape index (κ1) is 22.1. The van der Waals surface area contributed by atoms with Crippen LogP contribution in [0.25, 0.3) is 0 Å². The molecule has 2 aromatic rings. The summed E-state index contributed by atoms with van der Waals surface area (Å²) in [5.41, 5.74) is 2.20. The highest BCUT2D eigenvalue weighted by Crippen LogP contribution is 2.26. The first-order valence-corrected chi connectivity index (χ1v) is 11.1. The number of benzene rings is 1. The summed E-state index contributed by atoms with van der Waals surface area (Å²) >= 11 is 0. The van der Waals surface area contributed by atoms with Gasteiger partial charge in [-0.05, 0) is 50.8 Å². The topological polar surface area (TPSA) is 84.2 Å². The summed E-state index contributed by atoms with van der Waals surface area (Å²) in [4.78, 5) is 30.0. The quantitative estimate of drug-likeness (QED) is 0.372. The number of aromatic nitrogens is 2. The molecule has 1 fully saturated rings. The fraction of sp³-hybridized carbons (Fsp3) is 0.542. The number of phenolic OH excluding ortho intramolecular Hbond substituents is 1. The van der Waals surface area contributed by atoms with Crippen LogP contribution < -0.4 is 5.32 Å². The summed E-state index contributed by atoms with van der Waals surface area (Å²) in [6.45, 7) is 5.56. The smallest absolute Gasteiger partial charge is 0.204 e. The van der Waals surface area contributed by atoms with Crippen LogP contribution in [-0.4, -0.2) is 32.3 Å². The second kappa shape index (κ2) is 9.92. The zero-order valence-corrected chi connectivity index (χ0v) is 18.3. The van der Waals surface area contributed by atoms with E-state index in [4.69, 9.17) is 4.98 Å².